The quantitative estimate of drug-likeness (QED) is 0.426. The molecule has 9 heteroatoms. The van der Waals surface area contributed by atoms with Crippen molar-refractivity contribution < 1.29 is 13.9 Å². The summed E-state index contributed by atoms with van der Waals surface area (Å²) in [5, 5.41) is 0.611. The number of ether oxygens (including phenoxy) is 2. The summed E-state index contributed by atoms with van der Waals surface area (Å²) in [7, 11) is 1.73. The Morgan fingerprint density at radius 1 is 1.11 bits per heavy atom. The van der Waals surface area contributed by atoms with Gasteiger partial charge in [0.05, 0.1) is 36.1 Å². The zero-order chi connectivity index (χ0) is 24.2. The molecule has 0 N–H and O–H groups in total. The smallest absolute Gasteiger partial charge is 0.274 e. The van der Waals surface area contributed by atoms with Gasteiger partial charge in [-0.05, 0) is 23.8 Å². The van der Waals surface area contributed by atoms with E-state index in [0.29, 0.717) is 23.1 Å². The second-order valence-electron chi connectivity index (χ2n) is 9.51. The highest BCUT2D eigenvalue weighted by atomic mass is 19.1. The van der Waals surface area contributed by atoms with Crippen LogP contribution in [0.15, 0.2) is 59.7 Å². The van der Waals surface area contributed by atoms with E-state index in [-0.39, 0.29) is 5.56 Å². The van der Waals surface area contributed by atoms with E-state index in [1.165, 1.54) is 6.92 Å². The number of nitrogens with zero attached hydrogens (tertiary/aromatic N) is 5. The summed E-state index contributed by atoms with van der Waals surface area (Å²) < 4.78 is 27.7. The minimum Gasteiger partial charge on any atom is -0.460 e. The molecule has 0 amide bonds. The van der Waals surface area contributed by atoms with Gasteiger partial charge in [-0.25, -0.2) is 14.4 Å². The van der Waals surface area contributed by atoms with Gasteiger partial charge >= 0.3 is 0 Å². The lowest BCUT2D eigenvalue weighted by Gasteiger charge is -2.54. The Balaban J connectivity index is 1.31. The van der Waals surface area contributed by atoms with Crippen molar-refractivity contribution in [3.63, 3.8) is 0 Å². The van der Waals surface area contributed by atoms with Crippen LogP contribution in [0, 0.1) is 5.41 Å². The largest absolute Gasteiger partial charge is 0.460 e. The van der Waals surface area contributed by atoms with Crippen LogP contribution in [-0.4, -0.2) is 52.0 Å². The van der Waals surface area contributed by atoms with Crippen molar-refractivity contribution in [3.05, 3.63) is 70.8 Å². The molecule has 0 saturated carbocycles. The molecule has 0 radical (unpaired) electrons. The van der Waals surface area contributed by atoms with Crippen molar-refractivity contribution in [2.45, 2.75) is 19.8 Å². The lowest BCUT2D eigenvalue weighted by Crippen LogP contribution is -2.66. The first kappa shape index (κ1) is 21.8. The maximum atomic E-state index is 13.5. The lowest BCUT2D eigenvalue weighted by atomic mass is 9.78. The molecule has 2 saturated heterocycles. The minimum absolute atomic E-state index is 0.0953. The van der Waals surface area contributed by atoms with Crippen LogP contribution in [0.5, 0.6) is 5.75 Å². The van der Waals surface area contributed by atoms with Crippen LogP contribution in [0.1, 0.15) is 12.5 Å². The van der Waals surface area contributed by atoms with E-state index in [9.17, 15) is 9.18 Å². The number of hydrogen-bond acceptors (Lipinski definition) is 6. The second kappa shape index (κ2) is 8.20. The Morgan fingerprint density at radius 3 is 2.54 bits per heavy atom. The Bertz CT molecular complexity index is 1450. The molecule has 1 atom stereocenters. The van der Waals surface area contributed by atoms with E-state index >= 15 is 0 Å². The number of hydrogen-bond donors (Lipinski definition) is 0. The van der Waals surface area contributed by atoms with E-state index in [1.807, 2.05) is 47.4 Å². The molecule has 8 nitrogen and oxygen atoms in total. The topological polar surface area (TPSA) is 74.4 Å². The van der Waals surface area contributed by atoms with Crippen molar-refractivity contribution in [2.75, 3.05) is 31.2 Å². The molecular formula is C26H26FN5O3. The average Bonchev–Trinajstić information content (AvgIpc) is 3.03. The van der Waals surface area contributed by atoms with Crippen molar-refractivity contribution in [1.82, 2.24) is 19.3 Å². The van der Waals surface area contributed by atoms with Crippen LogP contribution in [0.2, 0.25) is 0 Å². The fourth-order valence-electron chi connectivity index (χ4n) is 4.94. The third kappa shape index (κ3) is 3.76. The Kier molecular flexibility index (Phi) is 5.10. The van der Waals surface area contributed by atoms with E-state index in [0.717, 1.165) is 54.5 Å². The highest BCUT2D eigenvalue weighted by molar-refractivity contribution is 5.84. The molecule has 2 aliphatic rings. The third-order valence-corrected chi connectivity index (χ3v) is 6.87. The van der Waals surface area contributed by atoms with Gasteiger partial charge in [0.25, 0.3) is 5.56 Å². The van der Waals surface area contributed by atoms with Crippen LogP contribution in [0.4, 0.5) is 10.3 Å². The number of para-hydroxylation sites is 1. The molecule has 2 fully saturated rings. The van der Waals surface area contributed by atoms with Gasteiger partial charge in [-0.1, -0.05) is 24.3 Å². The number of fused-ring (bicyclic) bond motifs is 1. The van der Waals surface area contributed by atoms with Crippen molar-refractivity contribution >= 4 is 16.9 Å². The molecule has 180 valence electrons. The second-order valence-corrected chi connectivity index (χ2v) is 9.51. The van der Waals surface area contributed by atoms with Crippen molar-refractivity contribution in [1.29, 1.82) is 0 Å². The SMILES string of the molecule is CC(F)Oc1ccccc1Cn1c2cc(-c3cnc(N4CC5(COC5)C4)nc3)ccc2c(=O)n1C. The number of rotatable bonds is 6. The number of aromatic nitrogens is 4. The van der Waals surface area contributed by atoms with Gasteiger partial charge in [0.1, 0.15) is 5.75 Å². The zero-order valence-corrected chi connectivity index (χ0v) is 19.6. The number of alkyl halides is 1. The van der Waals surface area contributed by atoms with Gasteiger partial charge in [0, 0.05) is 50.6 Å². The van der Waals surface area contributed by atoms with Crippen LogP contribution in [-0.2, 0) is 18.3 Å². The molecule has 2 aromatic carbocycles. The first-order chi connectivity index (χ1) is 16.9. The summed E-state index contributed by atoms with van der Waals surface area (Å²) in [6.45, 7) is 5.21. The van der Waals surface area contributed by atoms with E-state index in [2.05, 4.69) is 14.9 Å². The normalized spacial score (nSPS) is 17.3. The average molecular weight is 476 g/mol. The summed E-state index contributed by atoms with van der Waals surface area (Å²) in [5.74, 6) is 1.18. The van der Waals surface area contributed by atoms with Crippen molar-refractivity contribution in [3.8, 4) is 16.9 Å². The molecule has 1 unspecified atom stereocenters. The molecule has 0 aliphatic carbocycles. The molecule has 2 aromatic heterocycles. The predicted molar refractivity (Wildman–Crippen MR) is 130 cm³/mol. The predicted octanol–water partition coefficient (Wildman–Crippen LogP) is 3.38. The highest BCUT2D eigenvalue weighted by Gasteiger charge is 2.49. The van der Waals surface area contributed by atoms with E-state index in [1.54, 1.807) is 23.9 Å². The molecule has 6 rings (SSSR count). The molecule has 4 aromatic rings. The van der Waals surface area contributed by atoms with Gasteiger partial charge in [-0.15, -0.1) is 0 Å². The number of benzene rings is 2. The highest BCUT2D eigenvalue weighted by Crippen LogP contribution is 2.39. The lowest BCUT2D eigenvalue weighted by molar-refractivity contribution is -0.127. The molecule has 0 bridgehead atoms. The van der Waals surface area contributed by atoms with Gasteiger partial charge in [0.2, 0.25) is 12.3 Å². The van der Waals surface area contributed by atoms with Gasteiger partial charge in [-0.2, -0.15) is 0 Å². The summed E-state index contributed by atoms with van der Waals surface area (Å²) in [5.41, 5.74) is 3.55. The van der Waals surface area contributed by atoms with Crippen LogP contribution in [0.3, 0.4) is 0 Å². The Hall–Kier alpha value is -3.72. The van der Waals surface area contributed by atoms with Gasteiger partial charge < -0.3 is 14.4 Å². The van der Waals surface area contributed by atoms with Crippen LogP contribution < -0.4 is 15.2 Å². The van der Waals surface area contributed by atoms with Crippen LogP contribution in [0.25, 0.3) is 22.0 Å². The third-order valence-electron chi connectivity index (χ3n) is 6.87. The minimum atomic E-state index is -1.43. The maximum Gasteiger partial charge on any atom is 0.274 e. The first-order valence-electron chi connectivity index (χ1n) is 11.7. The van der Waals surface area contributed by atoms with Gasteiger partial charge in [0.15, 0.2) is 0 Å². The molecular weight excluding hydrogens is 449 g/mol. The van der Waals surface area contributed by atoms with Gasteiger partial charge in [-0.3, -0.25) is 14.2 Å². The standard InChI is InChI=1S/C26H26FN5O3/c1-17(27)35-23-6-4-3-5-19(23)12-32-22-9-18(7-8-21(22)24(33)30(32)2)20-10-28-25(29-11-20)31-13-26(14-31)15-34-16-26/h3-11,17H,12-16H2,1-2H3. The maximum absolute atomic E-state index is 13.5. The molecule has 1 spiro atoms. The van der Waals surface area contributed by atoms with Crippen molar-refractivity contribution in [2.24, 2.45) is 12.5 Å². The monoisotopic (exact) mass is 475 g/mol. The summed E-state index contributed by atoms with van der Waals surface area (Å²) in [4.78, 5) is 24.2. The zero-order valence-electron chi connectivity index (χ0n) is 19.6. The Morgan fingerprint density at radius 2 is 1.86 bits per heavy atom. The summed E-state index contributed by atoms with van der Waals surface area (Å²) in [6.07, 6.45) is 2.21. The number of anilines is 1. The van der Waals surface area contributed by atoms with Crippen LogP contribution >= 0.6 is 0 Å². The fourth-order valence-corrected chi connectivity index (χ4v) is 4.94. The number of halogens is 1. The molecule has 35 heavy (non-hydrogen) atoms. The summed E-state index contributed by atoms with van der Waals surface area (Å²) in [6, 6.07) is 13.0. The first-order valence-corrected chi connectivity index (χ1v) is 11.7. The molecule has 2 aliphatic heterocycles. The van der Waals surface area contributed by atoms with E-state index < -0.39 is 6.36 Å². The molecule has 4 heterocycles. The summed E-state index contributed by atoms with van der Waals surface area (Å²) >= 11 is 0. The Labute approximate surface area is 201 Å². The van der Waals surface area contributed by atoms with E-state index in [4.69, 9.17) is 9.47 Å². The fraction of sp³-hybridized carbons (Fsp3) is 0.346.